The van der Waals surface area contributed by atoms with Crippen LogP contribution in [0.15, 0.2) is 11.6 Å². The van der Waals surface area contributed by atoms with E-state index in [2.05, 4.69) is 0 Å². The quantitative estimate of drug-likeness (QED) is 0.274. The standard InChI is InChI=1S/C5H10O.H2O2/c1-5(2)3-4-6;1-2/h3,6H,4H2,1-2H3;1-2H. The highest BCUT2D eigenvalue weighted by Crippen LogP contribution is 1.83. The summed E-state index contributed by atoms with van der Waals surface area (Å²) < 4.78 is 0. The smallest absolute Gasteiger partial charge is 0.0614 e. The van der Waals surface area contributed by atoms with Gasteiger partial charge in [0.2, 0.25) is 0 Å². The highest BCUT2D eigenvalue weighted by atomic mass is 17.0. The van der Waals surface area contributed by atoms with Crippen LogP contribution in [0.1, 0.15) is 13.8 Å². The van der Waals surface area contributed by atoms with Crippen LogP contribution in [0.5, 0.6) is 0 Å². The van der Waals surface area contributed by atoms with E-state index in [1.165, 1.54) is 0 Å². The third-order valence-electron chi connectivity index (χ3n) is 0.500. The van der Waals surface area contributed by atoms with Gasteiger partial charge in [0.25, 0.3) is 0 Å². The van der Waals surface area contributed by atoms with E-state index in [0.29, 0.717) is 0 Å². The molecule has 0 aromatic heterocycles. The van der Waals surface area contributed by atoms with Crippen molar-refractivity contribution in [1.82, 2.24) is 0 Å². The molecule has 0 heterocycles. The normalized spacial score (nSPS) is 6.62. The molecular formula is C5H12O3. The first-order valence-electron chi connectivity index (χ1n) is 2.21. The summed E-state index contributed by atoms with van der Waals surface area (Å²) in [5.41, 5.74) is 1.16. The molecule has 0 aliphatic rings. The second-order valence-electron chi connectivity index (χ2n) is 1.46. The number of rotatable bonds is 1. The molecule has 0 aromatic carbocycles. The van der Waals surface area contributed by atoms with Gasteiger partial charge >= 0.3 is 0 Å². The Kier molecular flexibility index (Phi) is 12.9. The summed E-state index contributed by atoms with van der Waals surface area (Å²) in [4.78, 5) is 0. The van der Waals surface area contributed by atoms with E-state index in [1.54, 1.807) is 6.08 Å². The fourth-order valence-electron chi connectivity index (χ4n) is 0.183. The van der Waals surface area contributed by atoms with Crippen molar-refractivity contribution in [3.05, 3.63) is 11.6 Å². The van der Waals surface area contributed by atoms with E-state index in [4.69, 9.17) is 15.6 Å². The Hall–Kier alpha value is -0.380. The number of aliphatic hydroxyl groups is 1. The van der Waals surface area contributed by atoms with Gasteiger partial charge in [-0.05, 0) is 13.8 Å². The average molecular weight is 120 g/mol. The number of allylic oxidation sites excluding steroid dienone is 1. The van der Waals surface area contributed by atoms with Crippen LogP contribution in [0, 0.1) is 0 Å². The minimum Gasteiger partial charge on any atom is -0.392 e. The lowest BCUT2D eigenvalue weighted by atomic mass is 10.3. The summed E-state index contributed by atoms with van der Waals surface area (Å²) >= 11 is 0. The maximum atomic E-state index is 8.16. The Balaban J connectivity index is 0. The second-order valence-corrected chi connectivity index (χ2v) is 1.46. The summed E-state index contributed by atoms with van der Waals surface area (Å²) in [5.74, 6) is 0. The Labute approximate surface area is 48.8 Å². The lowest BCUT2D eigenvalue weighted by molar-refractivity contribution is -0.176. The molecule has 0 bridgehead atoms. The fraction of sp³-hybridized carbons (Fsp3) is 0.600. The van der Waals surface area contributed by atoms with Crippen LogP contribution in [-0.2, 0) is 0 Å². The third kappa shape index (κ3) is 17.5. The first-order chi connectivity index (χ1) is 3.77. The van der Waals surface area contributed by atoms with Gasteiger partial charge in [-0.2, -0.15) is 0 Å². The molecule has 0 unspecified atom stereocenters. The van der Waals surface area contributed by atoms with Crippen molar-refractivity contribution in [2.24, 2.45) is 0 Å². The highest BCUT2D eigenvalue weighted by Gasteiger charge is 1.68. The van der Waals surface area contributed by atoms with Crippen LogP contribution in [0.4, 0.5) is 0 Å². The van der Waals surface area contributed by atoms with Crippen molar-refractivity contribution in [3.8, 4) is 0 Å². The van der Waals surface area contributed by atoms with E-state index >= 15 is 0 Å². The molecule has 0 atom stereocenters. The van der Waals surface area contributed by atoms with E-state index in [-0.39, 0.29) is 6.61 Å². The first-order valence-corrected chi connectivity index (χ1v) is 2.21. The molecule has 0 fully saturated rings. The second kappa shape index (κ2) is 9.80. The first kappa shape index (κ1) is 10.6. The zero-order valence-electron chi connectivity index (χ0n) is 5.13. The molecule has 8 heavy (non-hydrogen) atoms. The molecule has 0 saturated carbocycles. The zero-order chi connectivity index (χ0) is 6.99. The maximum absolute atomic E-state index is 8.16. The molecule has 0 spiro atoms. The molecule has 3 heteroatoms. The topological polar surface area (TPSA) is 60.7 Å². The van der Waals surface area contributed by atoms with E-state index < -0.39 is 0 Å². The zero-order valence-corrected chi connectivity index (χ0v) is 5.13. The molecule has 3 nitrogen and oxygen atoms in total. The van der Waals surface area contributed by atoms with Gasteiger partial charge in [-0.25, -0.2) is 0 Å². The molecule has 0 aliphatic heterocycles. The van der Waals surface area contributed by atoms with E-state index in [9.17, 15) is 0 Å². The molecule has 0 radical (unpaired) electrons. The van der Waals surface area contributed by atoms with Crippen LogP contribution in [-0.4, -0.2) is 22.2 Å². The predicted molar refractivity (Wildman–Crippen MR) is 31.8 cm³/mol. The van der Waals surface area contributed by atoms with Crippen molar-refractivity contribution in [1.29, 1.82) is 0 Å². The Morgan fingerprint density at radius 1 is 1.38 bits per heavy atom. The summed E-state index contributed by atoms with van der Waals surface area (Å²) in [6.07, 6.45) is 1.76. The molecule has 0 aliphatic carbocycles. The number of hydrogen-bond donors (Lipinski definition) is 3. The third-order valence-corrected chi connectivity index (χ3v) is 0.500. The van der Waals surface area contributed by atoms with Crippen molar-refractivity contribution in [2.75, 3.05) is 6.61 Å². The number of hydrogen-bond acceptors (Lipinski definition) is 3. The van der Waals surface area contributed by atoms with Gasteiger partial charge in [0.15, 0.2) is 0 Å². The lowest BCUT2D eigenvalue weighted by Gasteiger charge is -1.80. The van der Waals surface area contributed by atoms with Crippen LogP contribution in [0.3, 0.4) is 0 Å². The average Bonchev–Trinajstić information content (AvgIpc) is 1.72. The van der Waals surface area contributed by atoms with E-state index in [1.807, 2.05) is 13.8 Å². The van der Waals surface area contributed by atoms with Crippen LogP contribution in [0.2, 0.25) is 0 Å². The summed E-state index contributed by atoms with van der Waals surface area (Å²) in [6.45, 7) is 4.08. The minimum absolute atomic E-state index is 0.169. The summed E-state index contributed by atoms with van der Waals surface area (Å²) in [6, 6.07) is 0. The van der Waals surface area contributed by atoms with Gasteiger partial charge in [0.1, 0.15) is 0 Å². The van der Waals surface area contributed by atoms with Gasteiger partial charge < -0.3 is 5.11 Å². The van der Waals surface area contributed by atoms with Gasteiger partial charge in [-0.1, -0.05) is 11.6 Å². The van der Waals surface area contributed by atoms with Gasteiger partial charge in [0, 0.05) is 0 Å². The van der Waals surface area contributed by atoms with Crippen molar-refractivity contribution < 1.29 is 15.6 Å². The Bertz CT molecular complexity index is 54.7. The fourth-order valence-corrected chi connectivity index (χ4v) is 0.183. The maximum Gasteiger partial charge on any atom is 0.0614 e. The largest absolute Gasteiger partial charge is 0.392 e. The van der Waals surface area contributed by atoms with Crippen LogP contribution in [0.25, 0.3) is 0 Å². The van der Waals surface area contributed by atoms with Crippen molar-refractivity contribution >= 4 is 0 Å². The molecule has 0 aromatic rings. The Morgan fingerprint density at radius 3 is 1.75 bits per heavy atom. The Morgan fingerprint density at radius 2 is 1.75 bits per heavy atom. The molecular weight excluding hydrogens is 108 g/mol. The minimum atomic E-state index is 0.169. The van der Waals surface area contributed by atoms with E-state index in [0.717, 1.165) is 5.57 Å². The highest BCUT2D eigenvalue weighted by molar-refractivity contribution is 4.91. The van der Waals surface area contributed by atoms with Crippen molar-refractivity contribution in [3.63, 3.8) is 0 Å². The van der Waals surface area contributed by atoms with Crippen molar-refractivity contribution in [2.45, 2.75) is 13.8 Å². The van der Waals surface area contributed by atoms with Crippen LogP contribution < -0.4 is 0 Å². The summed E-state index contributed by atoms with van der Waals surface area (Å²) in [7, 11) is 0. The van der Waals surface area contributed by atoms with Gasteiger partial charge in [-0.15, -0.1) is 0 Å². The summed E-state index contributed by atoms with van der Waals surface area (Å²) in [5, 5.41) is 20.2. The molecule has 3 N–H and O–H groups in total. The SMILES string of the molecule is CC(C)=CCO.OO. The number of aliphatic hydroxyl groups excluding tert-OH is 1. The lowest BCUT2D eigenvalue weighted by Crippen LogP contribution is -1.71. The van der Waals surface area contributed by atoms with Gasteiger partial charge in [-0.3, -0.25) is 10.5 Å². The molecule has 0 amide bonds. The monoisotopic (exact) mass is 120 g/mol. The predicted octanol–water partition coefficient (Wildman–Crippen LogP) is 0.962. The molecule has 50 valence electrons. The van der Waals surface area contributed by atoms with Gasteiger partial charge in [0.05, 0.1) is 6.61 Å². The van der Waals surface area contributed by atoms with Crippen LogP contribution >= 0.6 is 0 Å². The molecule has 0 rings (SSSR count). The molecule has 0 saturated heterocycles.